The second-order valence-electron chi connectivity index (χ2n) is 22.5. The molecule has 1 amide bonds. The fraction of sp³-hybridized carbons (Fsp3) is 0.859. The molecule has 2 fully saturated rings. The summed E-state index contributed by atoms with van der Waals surface area (Å²) in [6.07, 6.45) is 45.7. The lowest BCUT2D eigenvalue weighted by Gasteiger charge is -2.46. The van der Waals surface area contributed by atoms with Gasteiger partial charge in [0.15, 0.2) is 12.6 Å². The number of carbonyl (C=O) groups excluding carboxylic acids is 1. The molecule has 2 saturated heterocycles. The van der Waals surface area contributed by atoms with Crippen LogP contribution >= 0.6 is 0 Å². The molecule has 0 spiro atoms. The van der Waals surface area contributed by atoms with E-state index in [4.69, 9.17) is 18.9 Å². The third-order valence-electron chi connectivity index (χ3n) is 15.5. The number of nitrogens with one attached hydrogen (secondary N) is 1. The average molecular weight is 1110 g/mol. The molecule has 12 atom stereocenters. The van der Waals surface area contributed by atoms with Crippen molar-refractivity contribution in [3.05, 3.63) is 48.6 Å². The molecule has 12 unspecified atom stereocenters. The zero-order valence-electron chi connectivity index (χ0n) is 49.2. The first-order chi connectivity index (χ1) is 38.1. The molecule has 0 aromatic carbocycles. The van der Waals surface area contributed by atoms with Crippen LogP contribution in [0.25, 0.3) is 0 Å². The second kappa shape index (κ2) is 49.5. The highest BCUT2D eigenvalue weighted by Gasteiger charge is 2.51. The summed E-state index contributed by atoms with van der Waals surface area (Å²) < 4.78 is 22.8. The number of hydrogen-bond donors (Lipinski definition) is 9. The van der Waals surface area contributed by atoms with Crippen LogP contribution in [0.4, 0.5) is 0 Å². The van der Waals surface area contributed by atoms with Crippen LogP contribution in [0, 0.1) is 0 Å². The van der Waals surface area contributed by atoms with Gasteiger partial charge in [-0.2, -0.15) is 0 Å². The molecule has 0 radical (unpaired) electrons. The Hall–Kier alpha value is -2.05. The van der Waals surface area contributed by atoms with Crippen molar-refractivity contribution in [2.75, 3.05) is 19.8 Å². The van der Waals surface area contributed by atoms with E-state index in [1.54, 1.807) is 6.08 Å². The van der Waals surface area contributed by atoms with Crippen molar-refractivity contribution >= 4 is 5.91 Å². The Morgan fingerprint density at radius 1 is 0.462 bits per heavy atom. The predicted molar refractivity (Wildman–Crippen MR) is 314 cm³/mol. The van der Waals surface area contributed by atoms with E-state index in [0.717, 1.165) is 57.8 Å². The number of hydrogen-bond acceptors (Lipinski definition) is 13. The summed E-state index contributed by atoms with van der Waals surface area (Å²) in [6, 6.07) is -0.921. The number of rotatable bonds is 51. The number of aliphatic hydroxyl groups excluding tert-OH is 8. The van der Waals surface area contributed by atoms with Crippen LogP contribution in [-0.2, 0) is 23.7 Å². The molecular formula is C64H117NO13. The molecule has 9 N–H and O–H groups in total. The lowest BCUT2D eigenvalue weighted by molar-refractivity contribution is -0.359. The van der Waals surface area contributed by atoms with Gasteiger partial charge in [0.25, 0.3) is 0 Å². The molecule has 14 heteroatoms. The van der Waals surface area contributed by atoms with Crippen molar-refractivity contribution in [3.8, 4) is 0 Å². The minimum Gasteiger partial charge on any atom is -0.394 e. The van der Waals surface area contributed by atoms with Crippen LogP contribution in [0.15, 0.2) is 48.6 Å². The lowest BCUT2D eigenvalue weighted by atomic mass is 9.97. The van der Waals surface area contributed by atoms with Gasteiger partial charge in [0.05, 0.1) is 32.0 Å². The van der Waals surface area contributed by atoms with Crippen LogP contribution in [0.3, 0.4) is 0 Å². The summed E-state index contributed by atoms with van der Waals surface area (Å²) in [5.74, 6) is -0.245. The van der Waals surface area contributed by atoms with E-state index >= 15 is 0 Å². The third-order valence-corrected chi connectivity index (χ3v) is 15.5. The van der Waals surface area contributed by atoms with Gasteiger partial charge in [0.2, 0.25) is 5.91 Å². The standard InChI is InChI=1S/C64H117NO13/c1-3-5-7-9-11-13-15-17-19-21-23-25-26-28-30-32-34-36-38-40-42-44-46-48-56(69)65-52(53(68)47-45-43-41-39-37-35-33-31-29-27-24-22-20-18-16-14-12-10-8-6-4-2)51-75-63-61(74)59(72)62(55(50-67)77-63)78-64-60(73)58(71)57(70)54(49-66)76-64/h15,17,21,23,26,28,45,47,52-55,57-64,66-68,70-74H,3-14,16,18-20,22,24-25,27,29-44,46,48-51H2,1-2H3,(H,65,69)/b17-15-,23-21-,28-26-,47-45+. The number of ether oxygens (including phenoxy) is 4. The maximum absolute atomic E-state index is 13.3. The number of carbonyl (C=O) groups is 1. The van der Waals surface area contributed by atoms with Gasteiger partial charge in [0, 0.05) is 6.42 Å². The summed E-state index contributed by atoms with van der Waals surface area (Å²) >= 11 is 0. The number of unbranched alkanes of at least 4 members (excludes halogenated alkanes) is 32. The van der Waals surface area contributed by atoms with Crippen molar-refractivity contribution < 1.29 is 64.6 Å². The molecule has 2 rings (SSSR count). The van der Waals surface area contributed by atoms with E-state index in [0.29, 0.717) is 6.42 Å². The number of aliphatic hydroxyl groups is 8. The van der Waals surface area contributed by atoms with E-state index < -0.39 is 86.8 Å². The minimum absolute atomic E-state index is 0.245. The van der Waals surface area contributed by atoms with Gasteiger partial charge in [-0.3, -0.25) is 4.79 Å². The SMILES string of the molecule is CCCCCCC/C=C\C/C=C\C/C=C\CCCCCCCCCCC(=O)NC(COC1OC(CO)C(OC2OC(CO)C(O)C(O)C2O)C(O)C1O)C(O)/C=C/CCCCCCCCCCCCCCCCCCCCC. The summed E-state index contributed by atoms with van der Waals surface area (Å²) in [4.78, 5) is 13.3. The quantitative estimate of drug-likeness (QED) is 0.0204. The Morgan fingerprint density at radius 3 is 1.29 bits per heavy atom. The van der Waals surface area contributed by atoms with Crippen molar-refractivity contribution in [1.82, 2.24) is 5.32 Å². The van der Waals surface area contributed by atoms with Crippen LogP contribution in [0.1, 0.15) is 258 Å². The van der Waals surface area contributed by atoms with Crippen LogP contribution in [0.2, 0.25) is 0 Å². The van der Waals surface area contributed by atoms with E-state index in [9.17, 15) is 45.6 Å². The topological polar surface area (TPSA) is 228 Å². The summed E-state index contributed by atoms with van der Waals surface area (Å²) in [5, 5.41) is 87.2. The fourth-order valence-corrected chi connectivity index (χ4v) is 10.4. The molecule has 2 heterocycles. The summed E-state index contributed by atoms with van der Waals surface area (Å²) in [5.41, 5.74) is 0. The maximum Gasteiger partial charge on any atom is 0.220 e. The molecule has 0 aromatic heterocycles. The minimum atomic E-state index is -1.79. The predicted octanol–water partition coefficient (Wildman–Crippen LogP) is 11.6. The van der Waals surface area contributed by atoms with Gasteiger partial charge < -0.3 is 65.1 Å². The number of amides is 1. The summed E-state index contributed by atoms with van der Waals surface area (Å²) in [6.45, 7) is 2.80. The van der Waals surface area contributed by atoms with E-state index in [-0.39, 0.29) is 18.9 Å². The van der Waals surface area contributed by atoms with Gasteiger partial charge >= 0.3 is 0 Å². The van der Waals surface area contributed by atoms with Crippen molar-refractivity contribution in [3.63, 3.8) is 0 Å². The zero-order chi connectivity index (χ0) is 56.7. The molecule has 0 aliphatic carbocycles. The highest BCUT2D eigenvalue weighted by Crippen LogP contribution is 2.30. The van der Waals surface area contributed by atoms with Gasteiger partial charge in [-0.25, -0.2) is 0 Å². The molecule has 78 heavy (non-hydrogen) atoms. The largest absolute Gasteiger partial charge is 0.394 e. The van der Waals surface area contributed by atoms with Gasteiger partial charge in [-0.1, -0.05) is 242 Å². The molecule has 0 aromatic rings. The smallest absolute Gasteiger partial charge is 0.220 e. The molecule has 2 aliphatic heterocycles. The van der Waals surface area contributed by atoms with Gasteiger partial charge in [-0.15, -0.1) is 0 Å². The van der Waals surface area contributed by atoms with E-state index in [1.165, 1.54) is 173 Å². The first kappa shape index (κ1) is 72.1. The van der Waals surface area contributed by atoms with Crippen molar-refractivity contribution in [1.29, 1.82) is 0 Å². The van der Waals surface area contributed by atoms with Gasteiger partial charge in [-0.05, 0) is 57.8 Å². The average Bonchev–Trinajstić information content (AvgIpc) is 3.48. The molecular weight excluding hydrogens is 991 g/mol. The highest BCUT2D eigenvalue weighted by atomic mass is 16.7. The molecule has 0 saturated carbocycles. The Bertz CT molecular complexity index is 1490. The normalized spacial score (nSPS) is 24.8. The van der Waals surface area contributed by atoms with Crippen LogP contribution in [-0.4, -0.2) is 140 Å². The second-order valence-corrected chi connectivity index (χ2v) is 22.5. The first-order valence-electron chi connectivity index (χ1n) is 31.9. The fourth-order valence-electron chi connectivity index (χ4n) is 10.4. The summed E-state index contributed by atoms with van der Waals surface area (Å²) in [7, 11) is 0. The molecule has 0 bridgehead atoms. The Balaban J connectivity index is 1.75. The molecule has 14 nitrogen and oxygen atoms in total. The van der Waals surface area contributed by atoms with Crippen LogP contribution < -0.4 is 5.32 Å². The van der Waals surface area contributed by atoms with Gasteiger partial charge in [0.1, 0.15) is 48.8 Å². The van der Waals surface area contributed by atoms with Crippen molar-refractivity contribution in [2.24, 2.45) is 0 Å². The lowest BCUT2D eigenvalue weighted by Crippen LogP contribution is -2.65. The maximum atomic E-state index is 13.3. The molecule has 456 valence electrons. The van der Waals surface area contributed by atoms with E-state index in [1.807, 2.05) is 6.08 Å². The first-order valence-corrected chi connectivity index (χ1v) is 31.9. The Kier molecular flexibility index (Phi) is 45.8. The Labute approximate surface area is 473 Å². The zero-order valence-corrected chi connectivity index (χ0v) is 49.2. The van der Waals surface area contributed by atoms with Crippen molar-refractivity contribution in [2.45, 2.75) is 331 Å². The van der Waals surface area contributed by atoms with E-state index in [2.05, 4.69) is 55.6 Å². The Morgan fingerprint density at radius 2 is 0.846 bits per heavy atom. The number of allylic oxidation sites excluding steroid dienone is 7. The molecule has 2 aliphatic rings. The highest BCUT2D eigenvalue weighted by molar-refractivity contribution is 5.76. The van der Waals surface area contributed by atoms with Crippen LogP contribution in [0.5, 0.6) is 0 Å². The third kappa shape index (κ3) is 34.4. The monoisotopic (exact) mass is 1110 g/mol.